The van der Waals surface area contributed by atoms with Gasteiger partial charge in [-0.3, -0.25) is 0 Å². The highest BCUT2D eigenvalue weighted by Gasteiger charge is 2.12. The van der Waals surface area contributed by atoms with E-state index in [1.807, 2.05) is 0 Å². The summed E-state index contributed by atoms with van der Waals surface area (Å²) < 4.78 is 5.97. The second kappa shape index (κ2) is 4.40. The summed E-state index contributed by atoms with van der Waals surface area (Å²) in [5.74, 6) is -0.454. The highest BCUT2D eigenvalue weighted by atomic mass is 16.5. The van der Waals surface area contributed by atoms with Gasteiger partial charge in [0.15, 0.2) is 5.70 Å². The van der Waals surface area contributed by atoms with E-state index in [-0.39, 0.29) is 0 Å². The Balaban J connectivity index is 3.00. The Kier molecular flexibility index (Phi) is 3.22. The maximum Gasteiger partial charge on any atom is 0.358 e. The molecule has 0 aromatic carbocycles. The summed E-state index contributed by atoms with van der Waals surface area (Å²) in [5.41, 5.74) is 0.315. The van der Waals surface area contributed by atoms with Crippen molar-refractivity contribution in [3.05, 3.63) is 18.6 Å². The number of aromatic nitrogens is 3. The van der Waals surface area contributed by atoms with Gasteiger partial charge in [0.05, 0.1) is 19.5 Å². The Hall–Kier alpha value is -1.85. The molecule has 0 saturated carbocycles. The smallest absolute Gasteiger partial charge is 0.358 e. The van der Waals surface area contributed by atoms with Gasteiger partial charge < -0.3 is 9.64 Å². The normalized spacial score (nSPS) is 11.2. The van der Waals surface area contributed by atoms with Gasteiger partial charge in [-0.1, -0.05) is 5.21 Å². The van der Waals surface area contributed by atoms with Gasteiger partial charge in [0.2, 0.25) is 0 Å². The average molecular weight is 196 g/mol. The molecular formula is C8H12N4O2. The fourth-order valence-electron chi connectivity index (χ4n) is 0.891. The third-order valence-electron chi connectivity index (χ3n) is 1.44. The fraction of sp³-hybridized carbons (Fsp3) is 0.375. The van der Waals surface area contributed by atoms with Crippen LogP contribution >= 0.6 is 0 Å². The number of carbonyl (C=O) groups excluding carboxylic acids is 1. The monoisotopic (exact) mass is 196 g/mol. The zero-order valence-corrected chi connectivity index (χ0v) is 8.34. The lowest BCUT2D eigenvalue weighted by atomic mass is 10.4. The van der Waals surface area contributed by atoms with Crippen molar-refractivity contribution in [1.29, 1.82) is 0 Å². The second-order valence-corrected chi connectivity index (χ2v) is 2.82. The Labute approximate surface area is 81.8 Å². The van der Waals surface area contributed by atoms with Gasteiger partial charge in [-0.2, -0.15) is 0 Å². The SMILES string of the molecule is COC(=O)C(=CN(C)C)n1ccnn1. The summed E-state index contributed by atoms with van der Waals surface area (Å²) in [5, 5.41) is 7.32. The predicted octanol–water partition coefficient (Wildman–Crippen LogP) is -0.189. The molecule has 14 heavy (non-hydrogen) atoms. The molecule has 6 heteroatoms. The van der Waals surface area contributed by atoms with Crippen molar-refractivity contribution < 1.29 is 9.53 Å². The topological polar surface area (TPSA) is 60.2 Å². The van der Waals surface area contributed by atoms with Crippen LogP contribution in [0.1, 0.15) is 0 Å². The molecule has 6 nitrogen and oxygen atoms in total. The van der Waals surface area contributed by atoms with Crippen molar-refractivity contribution in [2.75, 3.05) is 21.2 Å². The van der Waals surface area contributed by atoms with Gasteiger partial charge in [-0.05, 0) is 0 Å². The molecular weight excluding hydrogens is 184 g/mol. The first-order valence-corrected chi connectivity index (χ1v) is 3.98. The van der Waals surface area contributed by atoms with Gasteiger partial charge >= 0.3 is 5.97 Å². The van der Waals surface area contributed by atoms with Gasteiger partial charge in [-0.15, -0.1) is 5.10 Å². The molecule has 76 valence electrons. The third-order valence-corrected chi connectivity index (χ3v) is 1.44. The van der Waals surface area contributed by atoms with Gasteiger partial charge in [0.25, 0.3) is 0 Å². The summed E-state index contributed by atoms with van der Waals surface area (Å²) in [6.45, 7) is 0. The van der Waals surface area contributed by atoms with Gasteiger partial charge in [0.1, 0.15) is 0 Å². The summed E-state index contributed by atoms with van der Waals surface area (Å²) in [4.78, 5) is 13.1. The number of rotatable bonds is 3. The minimum atomic E-state index is -0.454. The first kappa shape index (κ1) is 10.2. The van der Waals surface area contributed by atoms with Crippen molar-refractivity contribution in [3.8, 4) is 0 Å². The second-order valence-electron chi connectivity index (χ2n) is 2.82. The quantitative estimate of drug-likeness (QED) is 0.495. The number of carbonyl (C=O) groups is 1. The zero-order chi connectivity index (χ0) is 10.6. The molecule has 0 bridgehead atoms. The lowest BCUT2D eigenvalue weighted by Gasteiger charge is -2.09. The Bertz CT molecular complexity index is 329. The van der Waals surface area contributed by atoms with E-state index in [0.717, 1.165) is 0 Å². The van der Waals surface area contributed by atoms with E-state index >= 15 is 0 Å². The Morgan fingerprint density at radius 1 is 1.57 bits per heavy atom. The molecule has 0 atom stereocenters. The Morgan fingerprint density at radius 3 is 2.71 bits per heavy atom. The number of hydrogen-bond donors (Lipinski definition) is 0. The lowest BCUT2D eigenvalue weighted by Crippen LogP contribution is -2.15. The van der Waals surface area contributed by atoms with E-state index in [1.54, 1.807) is 31.4 Å². The summed E-state index contributed by atoms with van der Waals surface area (Å²) in [6.07, 6.45) is 4.68. The van der Waals surface area contributed by atoms with Crippen molar-refractivity contribution in [2.24, 2.45) is 0 Å². The minimum Gasteiger partial charge on any atom is -0.464 e. The van der Waals surface area contributed by atoms with Crippen LogP contribution in [0, 0.1) is 0 Å². The predicted molar refractivity (Wildman–Crippen MR) is 50.0 cm³/mol. The molecule has 0 N–H and O–H groups in total. The molecule has 0 fully saturated rings. The molecule has 0 spiro atoms. The van der Waals surface area contributed by atoms with Crippen LogP contribution in [0.3, 0.4) is 0 Å². The average Bonchev–Trinajstić information content (AvgIpc) is 2.65. The molecule has 0 saturated heterocycles. The zero-order valence-electron chi connectivity index (χ0n) is 8.34. The van der Waals surface area contributed by atoms with Crippen molar-refractivity contribution in [1.82, 2.24) is 19.9 Å². The summed E-state index contributed by atoms with van der Waals surface area (Å²) in [7, 11) is 4.93. The number of methoxy groups -OCH3 is 1. The van der Waals surface area contributed by atoms with Crippen molar-refractivity contribution in [2.45, 2.75) is 0 Å². The van der Waals surface area contributed by atoms with Crippen molar-refractivity contribution >= 4 is 11.7 Å². The standard InChI is InChI=1S/C8H12N4O2/c1-11(2)6-7(8(13)14-3)12-5-4-9-10-12/h4-6H,1-3H3. The number of hydrogen-bond acceptors (Lipinski definition) is 5. The van der Waals surface area contributed by atoms with Crippen LogP contribution in [0.4, 0.5) is 0 Å². The van der Waals surface area contributed by atoms with E-state index < -0.39 is 5.97 Å². The molecule has 0 amide bonds. The maximum absolute atomic E-state index is 11.3. The summed E-state index contributed by atoms with van der Waals surface area (Å²) in [6, 6.07) is 0. The highest BCUT2D eigenvalue weighted by Crippen LogP contribution is 2.04. The fourth-order valence-corrected chi connectivity index (χ4v) is 0.891. The van der Waals surface area contributed by atoms with Crippen LogP contribution in [0.15, 0.2) is 18.6 Å². The largest absolute Gasteiger partial charge is 0.464 e. The molecule has 0 unspecified atom stereocenters. The minimum absolute atomic E-state index is 0.315. The molecule has 0 radical (unpaired) electrons. The van der Waals surface area contributed by atoms with Crippen LogP contribution < -0.4 is 0 Å². The summed E-state index contributed by atoms with van der Waals surface area (Å²) >= 11 is 0. The third kappa shape index (κ3) is 2.32. The molecule has 1 heterocycles. The first-order valence-electron chi connectivity index (χ1n) is 3.98. The molecule has 0 aliphatic carbocycles. The van der Waals surface area contributed by atoms with E-state index in [9.17, 15) is 4.79 Å². The van der Waals surface area contributed by atoms with E-state index in [0.29, 0.717) is 5.70 Å². The van der Waals surface area contributed by atoms with Gasteiger partial charge in [0, 0.05) is 20.3 Å². The van der Waals surface area contributed by atoms with Crippen LogP contribution in [0.5, 0.6) is 0 Å². The lowest BCUT2D eigenvalue weighted by molar-refractivity contribution is -0.134. The molecule has 0 aliphatic heterocycles. The number of esters is 1. The van der Waals surface area contributed by atoms with Crippen molar-refractivity contribution in [3.63, 3.8) is 0 Å². The van der Waals surface area contributed by atoms with E-state index in [4.69, 9.17) is 0 Å². The molecule has 1 aromatic rings. The van der Waals surface area contributed by atoms with Crippen LogP contribution in [-0.2, 0) is 9.53 Å². The molecule has 0 aliphatic rings. The molecule has 1 aromatic heterocycles. The van der Waals surface area contributed by atoms with Gasteiger partial charge in [-0.25, -0.2) is 9.48 Å². The van der Waals surface area contributed by atoms with Crippen LogP contribution in [-0.4, -0.2) is 47.1 Å². The first-order chi connectivity index (χ1) is 6.65. The van der Waals surface area contributed by atoms with E-state index in [1.165, 1.54) is 18.0 Å². The van der Waals surface area contributed by atoms with Crippen LogP contribution in [0.2, 0.25) is 0 Å². The van der Waals surface area contributed by atoms with E-state index in [2.05, 4.69) is 15.0 Å². The highest BCUT2D eigenvalue weighted by molar-refractivity contribution is 6.09. The number of nitrogens with zero attached hydrogens (tertiary/aromatic N) is 4. The van der Waals surface area contributed by atoms with Crippen LogP contribution in [0.25, 0.3) is 5.70 Å². The maximum atomic E-state index is 11.3. The Morgan fingerprint density at radius 2 is 2.29 bits per heavy atom. The number of ether oxygens (including phenoxy) is 1. The molecule has 1 rings (SSSR count).